The summed E-state index contributed by atoms with van der Waals surface area (Å²) in [6, 6.07) is 1.14. The lowest BCUT2D eigenvalue weighted by molar-refractivity contribution is 0.0539. The Morgan fingerprint density at radius 3 is 2.60 bits per heavy atom. The van der Waals surface area contributed by atoms with Gasteiger partial charge in [-0.25, -0.2) is 0 Å². The second kappa shape index (κ2) is 7.20. The Hall–Kier alpha value is -0.120. The van der Waals surface area contributed by atoms with Crippen LogP contribution < -0.4 is 5.32 Å². The summed E-state index contributed by atoms with van der Waals surface area (Å²) < 4.78 is 10.5. The summed E-state index contributed by atoms with van der Waals surface area (Å²) in [5, 5.41) is 3.65. The molecule has 0 amide bonds. The summed E-state index contributed by atoms with van der Waals surface area (Å²) in [5.41, 5.74) is 0. The number of nitrogens with one attached hydrogen (secondary N) is 1. The zero-order chi connectivity index (χ0) is 11.1. The monoisotopic (exact) mass is 215 g/mol. The maximum Gasteiger partial charge on any atom is 0.0476 e. The van der Waals surface area contributed by atoms with E-state index in [4.69, 9.17) is 9.47 Å². The molecule has 3 heteroatoms. The largest absolute Gasteiger partial charge is 0.385 e. The molecule has 3 nitrogen and oxygen atoms in total. The summed E-state index contributed by atoms with van der Waals surface area (Å²) >= 11 is 0. The topological polar surface area (TPSA) is 30.5 Å². The van der Waals surface area contributed by atoms with Gasteiger partial charge in [0.15, 0.2) is 0 Å². The highest BCUT2D eigenvalue weighted by Gasteiger charge is 2.21. The molecule has 1 N–H and O–H groups in total. The molecule has 2 atom stereocenters. The van der Waals surface area contributed by atoms with Crippen LogP contribution in [0.1, 0.15) is 33.1 Å². The molecule has 0 bridgehead atoms. The van der Waals surface area contributed by atoms with Crippen LogP contribution in [0.3, 0.4) is 0 Å². The molecule has 0 aromatic rings. The normalized spacial score (nSPS) is 22.6. The summed E-state index contributed by atoms with van der Waals surface area (Å²) in [6.07, 6.45) is 3.49. The van der Waals surface area contributed by atoms with E-state index in [2.05, 4.69) is 19.2 Å². The van der Waals surface area contributed by atoms with Crippen molar-refractivity contribution >= 4 is 0 Å². The van der Waals surface area contributed by atoms with E-state index in [9.17, 15) is 0 Å². The van der Waals surface area contributed by atoms with Crippen LogP contribution in [0.2, 0.25) is 0 Å². The van der Waals surface area contributed by atoms with Crippen LogP contribution in [0.4, 0.5) is 0 Å². The predicted molar refractivity (Wildman–Crippen MR) is 62.1 cm³/mol. The Labute approximate surface area is 93.5 Å². The Morgan fingerprint density at radius 2 is 2.00 bits per heavy atom. The molecule has 1 aliphatic rings. The standard InChI is InChI=1S/C12H25NO2/c1-10(4-7-14-3)13-11(2)12-5-8-15-9-6-12/h10-13H,4-9H2,1-3H3. The van der Waals surface area contributed by atoms with Crippen molar-refractivity contribution in [2.45, 2.75) is 45.2 Å². The van der Waals surface area contributed by atoms with Crippen molar-refractivity contribution in [3.05, 3.63) is 0 Å². The van der Waals surface area contributed by atoms with Crippen molar-refractivity contribution in [2.24, 2.45) is 5.92 Å². The third-order valence-electron chi connectivity index (χ3n) is 3.28. The van der Waals surface area contributed by atoms with E-state index in [-0.39, 0.29) is 0 Å². The maximum atomic E-state index is 5.37. The molecule has 2 unspecified atom stereocenters. The van der Waals surface area contributed by atoms with Crippen molar-refractivity contribution < 1.29 is 9.47 Å². The number of hydrogen-bond acceptors (Lipinski definition) is 3. The number of methoxy groups -OCH3 is 1. The molecular formula is C12H25NO2. The van der Waals surface area contributed by atoms with Crippen molar-refractivity contribution in [1.82, 2.24) is 5.32 Å². The molecule has 0 aromatic heterocycles. The highest BCUT2D eigenvalue weighted by molar-refractivity contribution is 4.77. The minimum absolute atomic E-state index is 0.544. The lowest BCUT2D eigenvalue weighted by Gasteiger charge is -2.30. The van der Waals surface area contributed by atoms with Gasteiger partial charge in [0.1, 0.15) is 0 Å². The highest BCUT2D eigenvalue weighted by atomic mass is 16.5. The van der Waals surface area contributed by atoms with E-state index >= 15 is 0 Å². The van der Waals surface area contributed by atoms with Gasteiger partial charge in [-0.15, -0.1) is 0 Å². The molecule has 15 heavy (non-hydrogen) atoms. The molecule has 0 saturated carbocycles. The Kier molecular flexibility index (Phi) is 6.22. The fraction of sp³-hybridized carbons (Fsp3) is 1.00. The zero-order valence-corrected chi connectivity index (χ0v) is 10.3. The first-order valence-corrected chi connectivity index (χ1v) is 6.06. The average Bonchev–Trinajstić information content (AvgIpc) is 2.27. The van der Waals surface area contributed by atoms with Gasteiger partial charge in [-0.05, 0) is 39.0 Å². The quantitative estimate of drug-likeness (QED) is 0.733. The smallest absolute Gasteiger partial charge is 0.0476 e. The van der Waals surface area contributed by atoms with Gasteiger partial charge in [-0.3, -0.25) is 0 Å². The molecule has 0 radical (unpaired) electrons. The Bertz CT molecular complexity index is 158. The SMILES string of the molecule is COCCC(C)NC(C)C1CCOCC1. The third kappa shape index (κ3) is 4.96. The van der Waals surface area contributed by atoms with E-state index in [1.807, 2.05) is 0 Å². The van der Waals surface area contributed by atoms with Crippen molar-refractivity contribution in [3.63, 3.8) is 0 Å². The van der Waals surface area contributed by atoms with E-state index in [1.54, 1.807) is 7.11 Å². The molecule has 90 valence electrons. The van der Waals surface area contributed by atoms with Gasteiger partial charge in [0, 0.05) is 39.0 Å². The van der Waals surface area contributed by atoms with E-state index in [0.717, 1.165) is 32.2 Å². The molecule has 1 heterocycles. The number of rotatable bonds is 6. The van der Waals surface area contributed by atoms with Gasteiger partial charge >= 0.3 is 0 Å². The maximum absolute atomic E-state index is 5.37. The van der Waals surface area contributed by atoms with Gasteiger partial charge in [-0.2, -0.15) is 0 Å². The first-order chi connectivity index (χ1) is 7.24. The second-order valence-electron chi connectivity index (χ2n) is 4.59. The van der Waals surface area contributed by atoms with Gasteiger partial charge in [0.25, 0.3) is 0 Å². The van der Waals surface area contributed by atoms with E-state index in [0.29, 0.717) is 12.1 Å². The first-order valence-electron chi connectivity index (χ1n) is 6.06. The van der Waals surface area contributed by atoms with E-state index in [1.165, 1.54) is 12.8 Å². The summed E-state index contributed by atoms with van der Waals surface area (Å²) in [4.78, 5) is 0. The lowest BCUT2D eigenvalue weighted by atomic mass is 9.92. The Morgan fingerprint density at radius 1 is 1.33 bits per heavy atom. The molecule has 1 fully saturated rings. The van der Waals surface area contributed by atoms with Crippen LogP contribution in [0.15, 0.2) is 0 Å². The zero-order valence-electron chi connectivity index (χ0n) is 10.3. The van der Waals surface area contributed by atoms with Gasteiger partial charge in [0.2, 0.25) is 0 Å². The van der Waals surface area contributed by atoms with Crippen molar-refractivity contribution in [3.8, 4) is 0 Å². The molecule has 1 saturated heterocycles. The van der Waals surface area contributed by atoms with Crippen LogP contribution in [-0.4, -0.2) is 39.0 Å². The first kappa shape index (κ1) is 12.9. The second-order valence-corrected chi connectivity index (χ2v) is 4.59. The van der Waals surface area contributed by atoms with Crippen LogP contribution in [0.5, 0.6) is 0 Å². The molecule has 1 rings (SSSR count). The van der Waals surface area contributed by atoms with Crippen molar-refractivity contribution in [2.75, 3.05) is 26.9 Å². The molecule has 0 aliphatic carbocycles. The van der Waals surface area contributed by atoms with Gasteiger partial charge in [-0.1, -0.05) is 0 Å². The summed E-state index contributed by atoms with van der Waals surface area (Å²) in [6.45, 7) is 7.23. The number of ether oxygens (including phenoxy) is 2. The minimum Gasteiger partial charge on any atom is -0.385 e. The molecule has 0 aromatic carbocycles. The molecule has 1 aliphatic heterocycles. The minimum atomic E-state index is 0.544. The Balaban J connectivity index is 2.17. The molecule has 0 spiro atoms. The van der Waals surface area contributed by atoms with Gasteiger partial charge in [0.05, 0.1) is 0 Å². The predicted octanol–water partition coefficient (Wildman–Crippen LogP) is 1.82. The van der Waals surface area contributed by atoms with Gasteiger partial charge < -0.3 is 14.8 Å². The average molecular weight is 215 g/mol. The van der Waals surface area contributed by atoms with E-state index < -0.39 is 0 Å². The fourth-order valence-corrected chi connectivity index (χ4v) is 2.18. The third-order valence-corrected chi connectivity index (χ3v) is 3.28. The summed E-state index contributed by atoms with van der Waals surface area (Å²) in [7, 11) is 1.76. The van der Waals surface area contributed by atoms with Crippen molar-refractivity contribution in [1.29, 1.82) is 0 Å². The van der Waals surface area contributed by atoms with Crippen LogP contribution in [-0.2, 0) is 9.47 Å². The van der Waals surface area contributed by atoms with Crippen LogP contribution in [0.25, 0.3) is 0 Å². The molecular weight excluding hydrogens is 190 g/mol. The highest BCUT2D eigenvalue weighted by Crippen LogP contribution is 2.18. The lowest BCUT2D eigenvalue weighted by Crippen LogP contribution is -2.41. The fourth-order valence-electron chi connectivity index (χ4n) is 2.18. The van der Waals surface area contributed by atoms with Crippen LogP contribution >= 0.6 is 0 Å². The van der Waals surface area contributed by atoms with Crippen LogP contribution in [0, 0.1) is 5.92 Å². The number of hydrogen-bond donors (Lipinski definition) is 1. The summed E-state index contributed by atoms with van der Waals surface area (Å²) in [5.74, 6) is 0.781.